The summed E-state index contributed by atoms with van der Waals surface area (Å²) in [5.74, 6) is -2.50. The minimum absolute atomic E-state index is 0.532. The van der Waals surface area contributed by atoms with Crippen LogP contribution in [0.4, 0.5) is 0 Å². The summed E-state index contributed by atoms with van der Waals surface area (Å²) >= 11 is 0. The van der Waals surface area contributed by atoms with E-state index in [0.717, 1.165) is 6.67 Å². The highest BCUT2D eigenvalue weighted by atomic mass is 16.4. The summed E-state index contributed by atoms with van der Waals surface area (Å²) in [6.45, 7) is 4.50. The molecule has 0 radical (unpaired) electrons. The lowest BCUT2D eigenvalue weighted by atomic mass is 10.2. The van der Waals surface area contributed by atoms with Crippen molar-refractivity contribution in [3.05, 3.63) is 12.4 Å². The number of nitrogens with zero attached hydrogens (tertiary/aromatic N) is 2. The first-order valence-electron chi connectivity index (χ1n) is 6.19. The van der Waals surface area contributed by atoms with Crippen molar-refractivity contribution in [2.75, 3.05) is 20.3 Å². The Morgan fingerprint density at radius 1 is 1.37 bits per heavy atom. The molecule has 0 aromatic rings. The Bertz CT molecular complexity index is 320. The molecule has 0 saturated carbocycles. The molecule has 4 N–H and O–H groups in total. The third kappa shape index (κ3) is 8.90. The van der Waals surface area contributed by atoms with Crippen LogP contribution in [-0.2, 0) is 9.59 Å². The molecule has 7 heteroatoms. The van der Waals surface area contributed by atoms with Gasteiger partial charge in [0.2, 0.25) is 0 Å². The minimum atomic E-state index is -1.29. The van der Waals surface area contributed by atoms with Gasteiger partial charge >= 0.3 is 11.9 Å². The molecule has 0 spiro atoms. The summed E-state index contributed by atoms with van der Waals surface area (Å²) in [6.07, 6.45) is 6.34. The molecule has 0 aromatic heterocycles. The van der Waals surface area contributed by atoms with Crippen molar-refractivity contribution < 1.29 is 19.8 Å². The maximum Gasteiger partial charge on any atom is 0.321 e. The second-order valence-electron chi connectivity index (χ2n) is 4.41. The van der Waals surface area contributed by atoms with Gasteiger partial charge in [-0.05, 0) is 6.42 Å². The molecule has 110 valence electrons. The largest absolute Gasteiger partial charge is 0.481 e. The van der Waals surface area contributed by atoms with Gasteiger partial charge in [-0.1, -0.05) is 13.3 Å². The fraction of sp³-hybridized carbons (Fsp3) is 0.667. The molecule has 0 aromatic carbocycles. The van der Waals surface area contributed by atoms with E-state index in [-0.39, 0.29) is 0 Å². The Morgan fingerprint density at radius 3 is 2.32 bits per heavy atom. The average Bonchev–Trinajstić information content (AvgIpc) is 2.72. The van der Waals surface area contributed by atoms with Crippen LogP contribution < -0.4 is 5.73 Å². The zero-order chi connectivity index (χ0) is 14.8. The fourth-order valence-electron chi connectivity index (χ4n) is 1.37. The number of carboxylic acids is 2. The lowest BCUT2D eigenvalue weighted by Crippen LogP contribution is -2.32. The minimum Gasteiger partial charge on any atom is -0.481 e. The number of hydrogen-bond donors (Lipinski definition) is 3. The number of rotatable bonds is 6. The maximum absolute atomic E-state index is 9.85. The molecule has 1 aliphatic rings. The van der Waals surface area contributed by atoms with Gasteiger partial charge in [-0.3, -0.25) is 9.59 Å². The van der Waals surface area contributed by atoms with Gasteiger partial charge in [-0.2, -0.15) is 0 Å². The molecule has 1 atom stereocenters. The monoisotopic (exact) mass is 273 g/mol. The van der Waals surface area contributed by atoms with Crippen molar-refractivity contribution in [3.8, 4) is 0 Å². The summed E-state index contributed by atoms with van der Waals surface area (Å²) in [5, 5.41) is 16.0. The molecule has 0 fully saturated rings. The predicted molar refractivity (Wildman–Crippen MR) is 71.2 cm³/mol. The van der Waals surface area contributed by atoms with E-state index in [0.29, 0.717) is 0 Å². The molecule has 0 aliphatic carbocycles. The van der Waals surface area contributed by atoms with Crippen LogP contribution in [0.25, 0.3) is 0 Å². The quantitative estimate of drug-likeness (QED) is 0.640. The van der Waals surface area contributed by atoms with Gasteiger partial charge in [0.05, 0.1) is 13.1 Å². The fourth-order valence-corrected chi connectivity index (χ4v) is 1.37. The number of hydrogen-bond acceptors (Lipinski definition) is 5. The zero-order valence-corrected chi connectivity index (χ0v) is 11.5. The zero-order valence-electron chi connectivity index (χ0n) is 11.5. The highest BCUT2D eigenvalue weighted by molar-refractivity contribution is 5.80. The standard InChI is InChI=1S/C8H16N2.C4H7NO4/c1-3-4-5-10-7-6-9(2)8-10;5-2(4(8)9)1-3(6)7/h6-7H,3-5,8H2,1-2H3;2H,1,5H2,(H,6,7)(H,8,9). The van der Waals surface area contributed by atoms with E-state index in [9.17, 15) is 9.59 Å². The first-order valence-corrected chi connectivity index (χ1v) is 6.19. The Labute approximate surface area is 113 Å². The highest BCUT2D eigenvalue weighted by Crippen LogP contribution is 2.04. The number of carboxylic acid groups (broad SMARTS) is 2. The van der Waals surface area contributed by atoms with Gasteiger partial charge in [0.15, 0.2) is 0 Å². The van der Waals surface area contributed by atoms with Crippen LogP contribution in [0.5, 0.6) is 0 Å². The van der Waals surface area contributed by atoms with E-state index in [1.165, 1.54) is 19.4 Å². The first-order chi connectivity index (χ1) is 8.86. The Kier molecular flexibility index (Phi) is 8.35. The van der Waals surface area contributed by atoms with E-state index < -0.39 is 24.4 Å². The molecule has 1 unspecified atom stereocenters. The number of aliphatic carboxylic acids is 2. The first kappa shape index (κ1) is 17.2. The summed E-state index contributed by atoms with van der Waals surface area (Å²) in [7, 11) is 2.10. The van der Waals surface area contributed by atoms with Crippen molar-refractivity contribution in [3.63, 3.8) is 0 Å². The van der Waals surface area contributed by atoms with Gasteiger partial charge in [-0.25, -0.2) is 0 Å². The van der Waals surface area contributed by atoms with Crippen molar-refractivity contribution in [1.29, 1.82) is 0 Å². The van der Waals surface area contributed by atoms with E-state index in [1.807, 2.05) is 0 Å². The van der Waals surface area contributed by atoms with Crippen LogP contribution in [0.1, 0.15) is 26.2 Å². The van der Waals surface area contributed by atoms with Crippen LogP contribution in [0.15, 0.2) is 12.4 Å². The normalized spacial score (nSPS) is 14.9. The van der Waals surface area contributed by atoms with E-state index >= 15 is 0 Å². The third-order valence-electron chi connectivity index (χ3n) is 2.45. The molecular formula is C12H23N3O4. The molecule has 0 saturated heterocycles. The van der Waals surface area contributed by atoms with Gasteiger partial charge in [-0.15, -0.1) is 0 Å². The highest BCUT2D eigenvalue weighted by Gasteiger charge is 2.14. The van der Waals surface area contributed by atoms with Crippen LogP contribution in [0, 0.1) is 0 Å². The van der Waals surface area contributed by atoms with Gasteiger partial charge in [0.1, 0.15) is 6.04 Å². The van der Waals surface area contributed by atoms with E-state index in [1.54, 1.807) is 0 Å². The molecule has 19 heavy (non-hydrogen) atoms. The van der Waals surface area contributed by atoms with E-state index in [4.69, 9.17) is 15.9 Å². The van der Waals surface area contributed by atoms with Crippen molar-refractivity contribution >= 4 is 11.9 Å². The summed E-state index contributed by atoms with van der Waals surface area (Å²) < 4.78 is 0. The lowest BCUT2D eigenvalue weighted by Gasteiger charge is -2.17. The van der Waals surface area contributed by atoms with Crippen LogP contribution in [0.3, 0.4) is 0 Å². The van der Waals surface area contributed by atoms with Crippen molar-refractivity contribution in [2.45, 2.75) is 32.2 Å². The van der Waals surface area contributed by atoms with E-state index in [2.05, 4.69) is 36.2 Å². The SMILES string of the molecule is CCCCN1C=CN(C)C1.NC(CC(=O)O)C(=O)O. The smallest absolute Gasteiger partial charge is 0.321 e. The second kappa shape index (κ2) is 9.21. The molecule has 0 amide bonds. The number of nitrogens with two attached hydrogens (primary N) is 1. The second-order valence-corrected chi connectivity index (χ2v) is 4.41. The molecule has 1 rings (SSSR count). The average molecular weight is 273 g/mol. The Balaban J connectivity index is 0.000000344. The Hall–Kier alpha value is -1.76. The van der Waals surface area contributed by atoms with Crippen LogP contribution >= 0.6 is 0 Å². The van der Waals surface area contributed by atoms with Crippen molar-refractivity contribution in [1.82, 2.24) is 9.80 Å². The third-order valence-corrected chi connectivity index (χ3v) is 2.45. The maximum atomic E-state index is 9.85. The van der Waals surface area contributed by atoms with Crippen molar-refractivity contribution in [2.24, 2.45) is 5.73 Å². The lowest BCUT2D eigenvalue weighted by molar-refractivity contribution is -0.144. The molecule has 1 aliphatic heterocycles. The molecule has 1 heterocycles. The van der Waals surface area contributed by atoms with Gasteiger partial charge < -0.3 is 25.7 Å². The topological polar surface area (TPSA) is 107 Å². The summed E-state index contributed by atoms with van der Waals surface area (Å²) in [6, 6.07) is -1.29. The Morgan fingerprint density at radius 2 is 2.00 bits per heavy atom. The van der Waals surface area contributed by atoms with Crippen LogP contribution in [0.2, 0.25) is 0 Å². The summed E-state index contributed by atoms with van der Waals surface area (Å²) in [4.78, 5) is 24.1. The molecule has 7 nitrogen and oxygen atoms in total. The number of carbonyl (C=O) groups is 2. The predicted octanol–water partition coefficient (Wildman–Crippen LogP) is 0.336. The number of unbranched alkanes of at least 4 members (excludes halogenated alkanes) is 1. The van der Waals surface area contributed by atoms with Crippen LogP contribution in [-0.4, -0.2) is 58.3 Å². The molecule has 0 bridgehead atoms. The molecular weight excluding hydrogens is 250 g/mol. The summed E-state index contributed by atoms with van der Waals surface area (Å²) in [5.41, 5.74) is 4.84. The van der Waals surface area contributed by atoms with Gasteiger partial charge in [0.25, 0.3) is 0 Å². The van der Waals surface area contributed by atoms with Gasteiger partial charge in [0, 0.05) is 26.0 Å².